The van der Waals surface area contributed by atoms with Gasteiger partial charge in [0.1, 0.15) is 0 Å². The van der Waals surface area contributed by atoms with Crippen molar-refractivity contribution in [1.82, 2.24) is 4.44 Å². The average Bonchev–Trinajstić information content (AvgIpc) is 2.36. The van der Waals surface area contributed by atoms with Gasteiger partial charge in [-0.25, -0.2) is 9.13 Å². The second-order valence-electron chi connectivity index (χ2n) is 3.83. The number of nitrogens with zero attached hydrogens (tertiary/aromatic N) is 1. The summed E-state index contributed by atoms with van der Waals surface area (Å²) in [5.41, 5.74) is 0.593. The Morgan fingerprint density at radius 3 is 1.70 bits per heavy atom. The van der Waals surface area contributed by atoms with E-state index in [1.165, 1.54) is 13.8 Å². The first kappa shape index (κ1) is 27.9. The van der Waals surface area contributed by atoms with Gasteiger partial charge in [0.15, 0.2) is 0 Å². The van der Waals surface area contributed by atoms with E-state index >= 15 is 0 Å². The smallest absolute Gasteiger partial charge is 0.693 e. The van der Waals surface area contributed by atoms with E-state index in [4.69, 9.17) is 9.05 Å². The Morgan fingerprint density at radius 2 is 1.35 bits per heavy atom. The summed E-state index contributed by atoms with van der Waals surface area (Å²) in [6, 6.07) is 8.56. The third-order valence-corrected chi connectivity index (χ3v) is 6.34. The fourth-order valence-corrected chi connectivity index (χ4v) is 4.61. The molecule has 9 nitrogen and oxygen atoms in total. The zero-order valence-corrected chi connectivity index (χ0v) is 16.9. The quantitative estimate of drug-likeness (QED) is 0.458. The van der Waals surface area contributed by atoms with Crippen LogP contribution in [0, 0.1) is 0 Å². The van der Waals surface area contributed by atoms with Crippen molar-refractivity contribution in [3.63, 3.8) is 0 Å². The van der Waals surface area contributed by atoms with Crippen molar-refractivity contribution in [1.29, 1.82) is 0 Å². The molecule has 1 aromatic rings. The van der Waals surface area contributed by atoms with Crippen molar-refractivity contribution in [3.05, 3.63) is 48.2 Å². The largest absolute Gasteiger partial charge is 2.00 e. The van der Waals surface area contributed by atoms with Gasteiger partial charge >= 0.3 is 36.6 Å². The molecule has 12 heteroatoms. The predicted octanol–water partition coefficient (Wildman–Crippen LogP) is 4.19. The molecular formula is C11H23N3O6P2Pt. The van der Waals surface area contributed by atoms with E-state index < -0.39 is 15.5 Å². The molecule has 0 aliphatic heterocycles. The Hall–Kier alpha value is 0.0883. The van der Waals surface area contributed by atoms with E-state index in [1.807, 2.05) is 0 Å². The molecule has 0 aliphatic carbocycles. The molecular weight excluding hydrogens is 527 g/mol. The van der Waals surface area contributed by atoms with E-state index in [1.54, 1.807) is 30.3 Å². The minimum Gasteiger partial charge on any atom is -0.693 e. The summed E-state index contributed by atoms with van der Waals surface area (Å²) < 4.78 is 34.1. The SMILES string of the molecule is CCOP(=O)(O)N(Cc1ccccc1)P(=O)(O)OCC.[NH2-].[NH2-].[Pt+2]. The van der Waals surface area contributed by atoms with Crippen LogP contribution < -0.4 is 0 Å². The number of hydrogen-bond donors (Lipinski definition) is 2. The van der Waals surface area contributed by atoms with Crippen LogP contribution >= 0.6 is 15.5 Å². The minimum absolute atomic E-state index is 0. The zero-order chi connectivity index (χ0) is 15.2. The molecule has 138 valence electrons. The van der Waals surface area contributed by atoms with E-state index in [2.05, 4.69) is 0 Å². The molecule has 23 heavy (non-hydrogen) atoms. The molecule has 0 radical (unpaired) electrons. The second-order valence-corrected chi connectivity index (χ2v) is 7.59. The maximum absolute atomic E-state index is 12.1. The standard InChI is InChI=1S/C11H19NO6P2.2H2N.Pt/c1-3-17-19(13,14)12(20(15,16)18-4-2)10-11-8-6-5-7-9-11;;;/h5-9H,3-4,10H2,1-2H3,(H,13,14)(H,15,16);2*1H2;/q;2*-1;+2. The van der Waals surface area contributed by atoms with Crippen molar-refractivity contribution in [2.45, 2.75) is 20.4 Å². The maximum Gasteiger partial charge on any atom is 2.00 e. The van der Waals surface area contributed by atoms with Crippen LogP contribution in [0.3, 0.4) is 0 Å². The molecule has 0 saturated heterocycles. The van der Waals surface area contributed by atoms with Crippen molar-refractivity contribution in [3.8, 4) is 0 Å². The molecule has 2 atom stereocenters. The van der Waals surface area contributed by atoms with Crippen LogP contribution in [0.5, 0.6) is 0 Å². The van der Waals surface area contributed by atoms with E-state index in [0.29, 0.717) is 10.0 Å². The molecule has 0 heterocycles. The Balaban J connectivity index is -0.00000133. The molecule has 1 rings (SSSR count). The first-order valence-electron chi connectivity index (χ1n) is 6.10. The van der Waals surface area contributed by atoms with Crippen LogP contribution in [0.4, 0.5) is 0 Å². The Labute approximate surface area is 151 Å². The topological polar surface area (TPSA) is 163 Å². The molecule has 0 amide bonds. The molecule has 0 aromatic heterocycles. The van der Waals surface area contributed by atoms with Gasteiger partial charge < -0.3 is 22.1 Å². The molecule has 0 bridgehead atoms. The van der Waals surface area contributed by atoms with Gasteiger partial charge in [0.25, 0.3) is 0 Å². The fraction of sp³-hybridized carbons (Fsp3) is 0.455. The summed E-state index contributed by atoms with van der Waals surface area (Å²) in [6.45, 7) is 2.68. The molecule has 1 aromatic carbocycles. The number of hydrogen-bond acceptors (Lipinski definition) is 4. The number of rotatable bonds is 8. The Bertz CT molecular complexity index is 496. The van der Waals surface area contributed by atoms with Crippen LogP contribution in [0.15, 0.2) is 30.3 Å². The molecule has 0 aliphatic rings. The van der Waals surface area contributed by atoms with Crippen molar-refractivity contribution >= 4 is 15.5 Å². The number of benzene rings is 1. The van der Waals surface area contributed by atoms with Crippen LogP contribution in [-0.2, 0) is 45.8 Å². The summed E-state index contributed by atoms with van der Waals surface area (Å²) in [4.78, 5) is 19.7. The summed E-state index contributed by atoms with van der Waals surface area (Å²) in [5.74, 6) is 0. The van der Waals surface area contributed by atoms with Crippen LogP contribution in [0.2, 0.25) is 0 Å². The molecule has 0 spiro atoms. The number of nitrogens with two attached hydrogens (primary N) is 2. The van der Waals surface area contributed by atoms with Gasteiger partial charge in [-0.05, 0) is 19.4 Å². The van der Waals surface area contributed by atoms with E-state index in [9.17, 15) is 18.9 Å². The fourth-order valence-electron chi connectivity index (χ4n) is 1.54. The summed E-state index contributed by atoms with van der Waals surface area (Å²) in [6.07, 6.45) is 0. The summed E-state index contributed by atoms with van der Waals surface area (Å²) >= 11 is 0. The van der Waals surface area contributed by atoms with E-state index in [-0.39, 0.29) is 53.1 Å². The van der Waals surface area contributed by atoms with Crippen LogP contribution in [0.1, 0.15) is 19.4 Å². The van der Waals surface area contributed by atoms with Crippen molar-refractivity contribution in [2.24, 2.45) is 0 Å². The molecule has 0 fully saturated rings. The molecule has 6 N–H and O–H groups in total. The zero-order valence-electron chi connectivity index (χ0n) is 12.8. The van der Waals surface area contributed by atoms with E-state index in [0.717, 1.165) is 0 Å². The van der Waals surface area contributed by atoms with Crippen molar-refractivity contribution < 1.29 is 49.0 Å². The average molecular weight is 550 g/mol. The van der Waals surface area contributed by atoms with Crippen LogP contribution in [0.25, 0.3) is 12.3 Å². The van der Waals surface area contributed by atoms with Crippen LogP contribution in [-0.4, -0.2) is 27.4 Å². The second kappa shape index (κ2) is 12.5. The first-order chi connectivity index (χ1) is 9.33. The monoisotopic (exact) mass is 550 g/mol. The Kier molecular flexibility index (Phi) is 15.1. The normalized spacial score (nSPS) is 15.3. The predicted molar refractivity (Wildman–Crippen MR) is 85.5 cm³/mol. The molecule has 0 saturated carbocycles. The summed E-state index contributed by atoms with van der Waals surface area (Å²) in [7, 11) is -8.85. The van der Waals surface area contributed by atoms with Gasteiger partial charge in [0, 0.05) is 6.54 Å². The van der Waals surface area contributed by atoms with Gasteiger partial charge in [0.2, 0.25) is 0 Å². The van der Waals surface area contributed by atoms with Gasteiger partial charge in [-0.3, -0.25) is 9.05 Å². The third-order valence-electron chi connectivity index (χ3n) is 2.34. The minimum atomic E-state index is -4.42. The third kappa shape index (κ3) is 8.66. The van der Waals surface area contributed by atoms with Gasteiger partial charge in [-0.15, -0.1) is 4.44 Å². The maximum atomic E-state index is 12.1. The van der Waals surface area contributed by atoms with Crippen molar-refractivity contribution in [2.75, 3.05) is 13.2 Å². The summed E-state index contributed by atoms with van der Waals surface area (Å²) in [5, 5.41) is 0. The molecule has 2 unspecified atom stereocenters. The van der Waals surface area contributed by atoms with Gasteiger partial charge in [-0.2, -0.15) is 0 Å². The Morgan fingerprint density at radius 1 is 0.957 bits per heavy atom. The van der Waals surface area contributed by atoms with Gasteiger partial charge in [0.05, 0.1) is 13.2 Å². The van der Waals surface area contributed by atoms with Gasteiger partial charge in [-0.1, -0.05) is 30.3 Å². The first-order valence-corrected chi connectivity index (χ1v) is 9.16.